The van der Waals surface area contributed by atoms with Crippen LogP contribution in [0, 0.1) is 0 Å². The molecule has 1 aliphatic carbocycles. The highest BCUT2D eigenvalue weighted by atomic mass is 32.2. The topological polar surface area (TPSA) is 75.5 Å². The van der Waals surface area contributed by atoms with Crippen LogP contribution in [-0.4, -0.2) is 54.2 Å². The van der Waals surface area contributed by atoms with Crippen molar-refractivity contribution >= 4 is 27.0 Å². The van der Waals surface area contributed by atoms with E-state index in [-0.39, 0.29) is 16.8 Å². The number of fused-ring (bicyclic) bond motifs is 2. The molecule has 1 heterocycles. The molecule has 0 saturated heterocycles. The molecule has 0 spiro atoms. The largest absolute Gasteiger partial charge is 0.339 e. The van der Waals surface area contributed by atoms with Gasteiger partial charge in [-0.2, -0.15) is 0 Å². The lowest BCUT2D eigenvalue weighted by Crippen LogP contribution is -2.30. The second-order valence-corrected chi connectivity index (χ2v) is 11.4. The molecule has 1 aromatic heterocycles. The standard InChI is InChI=1S/C26H34N4O3S/c1-5-6-17-30-24-14-12-20(34(32,33)28(2)3)18-22(24)27-25(30)15-16-26(31)29(4)23-13-11-19-9-7-8-10-21(19)23/h7-10,12,14,18,23H,5-6,11,13,15-17H2,1-4H3. The molecule has 0 radical (unpaired) electrons. The maximum atomic E-state index is 13.1. The highest BCUT2D eigenvalue weighted by Crippen LogP contribution is 2.35. The van der Waals surface area contributed by atoms with Gasteiger partial charge in [-0.15, -0.1) is 0 Å². The zero-order chi connectivity index (χ0) is 24.5. The monoisotopic (exact) mass is 482 g/mol. The zero-order valence-electron chi connectivity index (χ0n) is 20.5. The molecule has 8 heteroatoms. The van der Waals surface area contributed by atoms with Gasteiger partial charge in [0.25, 0.3) is 0 Å². The van der Waals surface area contributed by atoms with Gasteiger partial charge in [0.05, 0.1) is 22.0 Å². The third-order valence-electron chi connectivity index (χ3n) is 6.84. The number of imidazole rings is 1. The number of sulfonamides is 1. The van der Waals surface area contributed by atoms with E-state index in [0.29, 0.717) is 18.4 Å². The number of nitrogens with zero attached hydrogens (tertiary/aromatic N) is 4. The SMILES string of the molecule is CCCCn1c(CCC(=O)N(C)C2CCc3ccccc32)nc2cc(S(=O)(=O)N(C)C)ccc21. The summed E-state index contributed by atoms with van der Waals surface area (Å²) in [4.78, 5) is 20.0. The number of benzene rings is 2. The van der Waals surface area contributed by atoms with E-state index in [2.05, 4.69) is 29.7 Å². The molecule has 0 saturated carbocycles. The molecule has 2 aromatic carbocycles. The first-order valence-corrected chi connectivity index (χ1v) is 13.4. The molecular formula is C26H34N4O3S. The highest BCUT2D eigenvalue weighted by molar-refractivity contribution is 7.89. The average molecular weight is 483 g/mol. The van der Waals surface area contributed by atoms with Crippen LogP contribution in [0.3, 0.4) is 0 Å². The number of hydrogen-bond acceptors (Lipinski definition) is 4. The van der Waals surface area contributed by atoms with E-state index >= 15 is 0 Å². The predicted octanol–water partition coefficient (Wildman–Crippen LogP) is 4.17. The van der Waals surface area contributed by atoms with Crippen molar-refractivity contribution in [1.29, 1.82) is 0 Å². The fourth-order valence-electron chi connectivity index (χ4n) is 4.79. The lowest BCUT2D eigenvalue weighted by Gasteiger charge is -2.25. The molecule has 4 rings (SSSR count). The van der Waals surface area contributed by atoms with Crippen LogP contribution in [0.4, 0.5) is 0 Å². The Kier molecular flexibility index (Phi) is 7.09. The molecular weight excluding hydrogens is 448 g/mol. The van der Waals surface area contributed by atoms with Crippen LogP contribution in [0.1, 0.15) is 55.6 Å². The van der Waals surface area contributed by atoms with Gasteiger partial charge in [0.1, 0.15) is 5.82 Å². The summed E-state index contributed by atoms with van der Waals surface area (Å²) in [6.07, 6.45) is 4.88. The number of unbranched alkanes of at least 4 members (excludes halogenated alkanes) is 1. The number of carbonyl (C=O) groups is 1. The quantitative estimate of drug-likeness (QED) is 0.459. The fraction of sp³-hybridized carbons (Fsp3) is 0.462. The number of rotatable bonds is 9. The summed E-state index contributed by atoms with van der Waals surface area (Å²) in [5.41, 5.74) is 4.14. The van der Waals surface area contributed by atoms with Gasteiger partial charge in [-0.05, 0) is 48.6 Å². The molecule has 0 fully saturated rings. The molecule has 1 atom stereocenters. The van der Waals surface area contributed by atoms with Crippen LogP contribution in [0.15, 0.2) is 47.4 Å². The van der Waals surface area contributed by atoms with Gasteiger partial charge in [0.15, 0.2) is 0 Å². The Hall–Kier alpha value is -2.71. The third-order valence-corrected chi connectivity index (χ3v) is 8.65. The third kappa shape index (κ3) is 4.61. The van der Waals surface area contributed by atoms with E-state index in [9.17, 15) is 13.2 Å². The van der Waals surface area contributed by atoms with Gasteiger partial charge in [0, 0.05) is 40.5 Å². The second-order valence-electron chi connectivity index (χ2n) is 9.23. The molecule has 0 aliphatic heterocycles. The van der Waals surface area contributed by atoms with E-state index in [1.54, 1.807) is 12.1 Å². The molecule has 0 bridgehead atoms. The minimum atomic E-state index is -3.54. The molecule has 1 unspecified atom stereocenters. The highest BCUT2D eigenvalue weighted by Gasteiger charge is 2.28. The number of aromatic nitrogens is 2. The van der Waals surface area contributed by atoms with Crippen LogP contribution in [0.5, 0.6) is 0 Å². The summed E-state index contributed by atoms with van der Waals surface area (Å²) in [7, 11) is 1.41. The van der Waals surface area contributed by atoms with Gasteiger partial charge in [-0.25, -0.2) is 17.7 Å². The fourth-order valence-corrected chi connectivity index (χ4v) is 5.72. The summed E-state index contributed by atoms with van der Waals surface area (Å²) < 4.78 is 28.5. The summed E-state index contributed by atoms with van der Waals surface area (Å²) in [5.74, 6) is 0.933. The lowest BCUT2D eigenvalue weighted by atomic mass is 10.1. The molecule has 34 heavy (non-hydrogen) atoms. The first kappa shape index (κ1) is 24.4. The Morgan fingerprint density at radius 3 is 2.65 bits per heavy atom. The first-order chi connectivity index (χ1) is 16.2. The van der Waals surface area contributed by atoms with Gasteiger partial charge >= 0.3 is 0 Å². The summed E-state index contributed by atoms with van der Waals surface area (Å²) in [6, 6.07) is 13.6. The predicted molar refractivity (Wildman–Crippen MR) is 134 cm³/mol. The van der Waals surface area contributed by atoms with Crippen LogP contribution >= 0.6 is 0 Å². The van der Waals surface area contributed by atoms with Crippen molar-refractivity contribution in [1.82, 2.24) is 18.8 Å². The molecule has 7 nitrogen and oxygen atoms in total. The van der Waals surface area contributed by atoms with Gasteiger partial charge < -0.3 is 9.47 Å². The van der Waals surface area contributed by atoms with Gasteiger partial charge in [-0.1, -0.05) is 37.6 Å². The first-order valence-electron chi connectivity index (χ1n) is 12.0. The van der Waals surface area contributed by atoms with Crippen molar-refractivity contribution in [3.63, 3.8) is 0 Å². The van der Waals surface area contributed by atoms with Crippen molar-refractivity contribution in [3.8, 4) is 0 Å². The smallest absolute Gasteiger partial charge is 0.242 e. The van der Waals surface area contributed by atoms with E-state index in [0.717, 1.165) is 43.6 Å². The summed E-state index contributed by atoms with van der Waals surface area (Å²) >= 11 is 0. The average Bonchev–Trinajstić information content (AvgIpc) is 3.41. The van der Waals surface area contributed by atoms with E-state index < -0.39 is 10.0 Å². The van der Waals surface area contributed by atoms with Crippen molar-refractivity contribution in [2.24, 2.45) is 0 Å². The Morgan fingerprint density at radius 2 is 1.91 bits per heavy atom. The maximum Gasteiger partial charge on any atom is 0.242 e. The van der Waals surface area contributed by atoms with E-state index in [1.807, 2.05) is 24.1 Å². The Balaban J connectivity index is 1.56. The molecule has 182 valence electrons. The Bertz CT molecular complexity index is 1300. The van der Waals surface area contributed by atoms with Crippen LogP contribution in [-0.2, 0) is 34.2 Å². The minimum absolute atomic E-state index is 0.103. The molecule has 0 N–H and O–H groups in total. The van der Waals surface area contributed by atoms with Crippen LogP contribution < -0.4 is 0 Å². The zero-order valence-corrected chi connectivity index (χ0v) is 21.3. The van der Waals surface area contributed by atoms with Crippen LogP contribution in [0.2, 0.25) is 0 Å². The second kappa shape index (κ2) is 9.88. The number of carbonyl (C=O) groups excluding carboxylic acids is 1. The van der Waals surface area contributed by atoms with E-state index in [4.69, 9.17) is 4.98 Å². The molecule has 3 aromatic rings. The normalized spacial score (nSPS) is 15.7. The lowest BCUT2D eigenvalue weighted by molar-refractivity contribution is -0.132. The number of aryl methyl sites for hydroxylation is 3. The van der Waals surface area contributed by atoms with Gasteiger partial charge in [0.2, 0.25) is 15.9 Å². The van der Waals surface area contributed by atoms with Crippen molar-refractivity contribution in [3.05, 3.63) is 59.4 Å². The number of hydrogen-bond donors (Lipinski definition) is 0. The van der Waals surface area contributed by atoms with E-state index in [1.165, 1.54) is 29.5 Å². The Morgan fingerprint density at radius 1 is 1.15 bits per heavy atom. The Labute approximate surface area is 202 Å². The summed E-state index contributed by atoms with van der Waals surface area (Å²) in [6.45, 7) is 2.93. The molecule has 1 amide bonds. The minimum Gasteiger partial charge on any atom is -0.339 e. The molecule has 1 aliphatic rings. The van der Waals surface area contributed by atoms with Gasteiger partial charge in [-0.3, -0.25) is 4.79 Å². The number of amides is 1. The van der Waals surface area contributed by atoms with Crippen molar-refractivity contribution < 1.29 is 13.2 Å². The van der Waals surface area contributed by atoms with Crippen molar-refractivity contribution in [2.75, 3.05) is 21.1 Å². The summed E-state index contributed by atoms with van der Waals surface area (Å²) in [5, 5.41) is 0. The maximum absolute atomic E-state index is 13.1. The van der Waals surface area contributed by atoms with Crippen LogP contribution in [0.25, 0.3) is 11.0 Å². The van der Waals surface area contributed by atoms with Crippen molar-refractivity contribution in [2.45, 2.75) is 62.9 Å².